The minimum atomic E-state index is -3.37. The summed E-state index contributed by atoms with van der Waals surface area (Å²) < 4.78 is 25.4. The Morgan fingerprint density at radius 1 is 1.05 bits per heavy atom. The number of nitrogens with zero attached hydrogens (tertiary/aromatic N) is 1. The summed E-state index contributed by atoms with van der Waals surface area (Å²) in [6.45, 7) is 0.667. The minimum absolute atomic E-state index is 0.254. The maximum atomic E-state index is 11.6. The molecule has 1 aromatic carbocycles. The van der Waals surface area contributed by atoms with Crippen molar-refractivity contribution in [2.24, 2.45) is 0 Å². The molecule has 0 bridgehead atoms. The fourth-order valence-corrected chi connectivity index (χ4v) is 2.30. The van der Waals surface area contributed by atoms with Gasteiger partial charge in [-0.25, -0.2) is 13.1 Å². The molecule has 2 rings (SSSR count). The van der Waals surface area contributed by atoms with Gasteiger partial charge in [0.05, 0.1) is 4.90 Å². The molecule has 0 spiro atoms. The van der Waals surface area contributed by atoms with Gasteiger partial charge in [-0.2, -0.15) is 0 Å². The number of pyridine rings is 1. The molecule has 0 aliphatic rings. The third-order valence-corrected chi connectivity index (χ3v) is 4.11. The summed E-state index contributed by atoms with van der Waals surface area (Å²) in [5.41, 5.74) is 1.98. The molecule has 6 heteroatoms. The molecule has 0 atom stereocenters. The first-order chi connectivity index (χ1) is 9.12. The Kier molecular flexibility index (Phi) is 4.13. The Bertz CT molecular complexity index is 625. The Labute approximate surface area is 112 Å². The van der Waals surface area contributed by atoms with Gasteiger partial charge < -0.3 is 5.32 Å². The number of benzene rings is 1. The molecule has 100 valence electrons. The van der Waals surface area contributed by atoms with Crippen molar-refractivity contribution in [3.63, 3.8) is 0 Å². The predicted molar refractivity (Wildman–Crippen MR) is 74.3 cm³/mol. The number of hydrogen-bond donors (Lipinski definition) is 2. The zero-order valence-electron chi connectivity index (χ0n) is 10.5. The normalized spacial score (nSPS) is 11.2. The topological polar surface area (TPSA) is 71.1 Å². The van der Waals surface area contributed by atoms with Crippen LogP contribution in [0.15, 0.2) is 53.7 Å². The average molecular weight is 277 g/mol. The molecule has 1 heterocycles. The van der Waals surface area contributed by atoms with E-state index in [1.54, 1.807) is 36.7 Å². The van der Waals surface area contributed by atoms with Crippen LogP contribution in [0.5, 0.6) is 0 Å². The van der Waals surface area contributed by atoms with Crippen LogP contribution in [0.1, 0.15) is 5.56 Å². The minimum Gasteiger partial charge on any atom is -0.381 e. The lowest BCUT2D eigenvalue weighted by Gasteiger charge is -2.07. The summed E-state index contributed by atoms with van der Waals surface area (Å²) in [5.74, 6) is 0. The summed E-state index contributed by atoms with van der Waals surface area (Å²) in [5, 5.41) is 3.21. The first kappa shape index (κ1) is 13.5. The summed E-state index contributed by atoms with van der Waals surface area (Å²) >= 11 is 0. The van der Waals surface area contributed by atoms with E-state index < -0.39 is 10.0 Å². The van der Waals surface area contributed by atoms with Gasteiger partial charge in [0.1, 0.15) is 0 Å². The van der Waals surface area contributed by atoms with Crippen LogP contribution in [0.4, 0.5) is 5.69 Å². The second-order valence-electron chi connectivity index (χ2n) is 3.94. The number of hydrogen-bond acceptors (Lipinski definition) is 4. The van der Waals surface area contributed by atoms with Crippen LogP contribution in [0.2, 0.25) is 0 Å². The number of nitrogens with one attached hydrogen (secondary N) is 2. The van der Waals surface area contributed by atoms with E-state index in [1.165, 1.54) is 7.05 Å². The monoisotopic (exact) mass is 277 g/mol. The molecule has 0 saturated heterocycles. The van der Waals surface area contributed by atoms with Crippen LogP contribution in [0, 0.1) is 0 Å². The number of sulfonamides is 1. The lowest BCUT2D eigenvalue weighted by atomic mass is 10.2. The van der Waals surface area contributed by atoms with Gasteiger partial charge >= 0.3 is 0 Å². The molecule has 19 heavy (non-hydrogen) atoms. The van der Waals surface area contributed by atoms with Crippen LogP contribution < -0.4 is 10.0 Å². The summed E-state index contributed by atoms with van der Waals surface area (Å²) in [4.78, 5) is 4.20. The van der Waals surface area contributed by atoms with Crippen molar-refractivity contribution in [2.75, 3.05) is 12.4 Å². The average Bonchev–Trinajstić information content (AvgIpc) is 2.47. The molecule has 0 radical (unpaired) electrons. The fraction of sp³-hybridized carbons (Fsp3) is 0.154. The van der Waals surface area contributed by atoms with Gasteiger partial charge in [0.25, 0.3) is 0 Å². The highest BCUT2D eigenvalue weighted by atomic mass is 32.2. The zero-order valence-corrected chi connectivity index (χ0v) is 11.3. The zero-order chi connectivity index (χ0) is 13.7. The summed E-state index contributed by atoms with van der Waals surface area (Å²) in [7, 11) is -1.97. The van der Waals surface area contributed by atoms with Crippen molar-refractivity contribution in [3.8, 4) is 0 Å². The molecule has 2 N–H and O–H groups in total. The standard InChI is InChI=1S/C13H15N3O2S/c1-14-19(17,18)13-4-2-12(3-5-13)16-10-11-6-8-15-9-7-11/h2-9,14,16H,10H2,1H3. The highest BCUT2D eigenvalue weighted by molar-refractivity contribution is 7.89. The van der Waals surface area contributed by atoms with Crippen molar-refractivity contribution in [1.29, 1.82) is 0 Å². The van der Waals surface area contributed by atoms with E-state index in [9.17, 15) is 8.42 Å². The predicted octanol–water partition coefficient (Wildman–Crippen LogP) is 1.60. The van der Waals surface area contributed by atoms with Crippen LogP contribution in [0.3, 0.4) is 0 Å². The van der Waals surface area contributed by atoms with Crippen molar-refractivity contribution >= 4 is 15.7 Å². The van der Waals surface area contributed by atoms with Crippen molar-refractivity contribution in [3.05, 3.63) is 54.4 Å². The molecule has 0 saturated carbocycles. The molecule has 2 aromatic rings. The van der Waals surface area contributed by atoms with Gasteiger partial charge in [0.15, 0.2) is 0 Å². The Hall–Kier alpha value is -1.92. The number of anilines is 1. The smallest absolute Gasteiger partial charge is 0.240 e. The van der Waals surface area contributed by atoms with Crippen molar-refractivity contribution in [1.82, 2.24) is 9.71 Å². The first-order valence-corrected chi connectivity index (χ1v) is 7.26. The van der Waals surface area contributed by atoms with Gasteiger partial charge in [-0.3, -0.25) is 4.98 Å². The van der Waals surface area contributed by atoms with Crippen molar-refractivity contribution < 1.29 is 8.42 Å². The van der Waals surface area contributed by atoms with Crippen LogP contribution in [-0.4, -0.2) is 20.4 Å². The highest BCUT2D eigenvalue weighted by Gasteiger charge is 2.09. The lowest BCUT2D eigenvalue weighted by Crippen LogP contribution is -2.18. The number of aromatic nitrogens is 1. The van der Waals surface area contributed by atoms with E-state index in [1.807, 2.05) is 12.1 Å². The van der Waals surface area contributed by atoms with Gasteiger partial charge in [0, 0.05) is 24.6 Å². The lowest BCUT2D eigenvalue weighted by molar-refractivity contribution is 0.588. The van der Waals surface area contributed by atoms with Crippen LogP contribution >= 0.6 is 0 Å². The highest BCUT2D eigenvalue weighted by Crippen LogP contribution is 2.14. The third kappa shape index (κ3) is 3.52. The summed E-state index contributed by atoms with van der Waals surface area (Å²) in [6.07, 6.45) is 3.47. The summed E-state index contributed by atoms with van der Waals surface area (Å²) in [6, 6.07) is 10.5. The van der Waals surface area contributed by atoms with E-state index >= 15 is 0 Å². The maximum Gasteiger partial charge on any atom is 0.240 e. The van der Waals surface area contributed by atoms with Crippen LogP contribution in [-0.2, 0) is 16.6 Å². The molecule has 0 amide bonds. The first-order valence-electron chi connectivity index (χ1n) is 5.78. The largest absolute Gasteiger partial charge is 0.381 e. The fourth-order valence-electron chi connectivity index (χ4n) is 1.57. The van der Waals surface area contributed by atoms with E-state index in [4.69, 9.17) is 0 Å². The quantitative estimate of drug-likeness (QED) is 0.871. The SMILES string of the molecule is CNS(=O)(=O)c1ccc(NCc2ccncc2)cc1. The van der Waals surface area contributed by atoms with E-state index in [-0.39, 0.29) is 4.90 Å². The molecule has 1 aromatic heterocycles. The number of rotatable bonds is 5. The van der Waals surface area contributed by atoms with Gasteiger partial charge in [-0.05, 0) is 49.0 Å². The molecule has 0 unspecified atom stereocenters. The van der Waals surface area contributed by atoms with E-state index in [0.717, 1.165) is 11.3 Å². The molecule has 0 aliphatic carbocycles. The Balaban J connectivity index is 2.04. The molecule has 0 aliphatic heterocycles. The second kappa shape index (κ2) is 5.81. The molecule has 0 fully saturated rings. The Morgan fingerprint density at radius 3 is 2.26 bits per heavy atom. The van der Waals surface area contributed by atoms with Gasteiger partial charge in [-0.1, -0.05) is 0 Å². The van der Waals surface area contributed by atoms with Gasteiger partial charge in [-0.15, -0.1) is 0 Å². The maximum absolute atomic E-state index is 11.6. The van der Waals surface area contributed by atoms with E-state index in [2.05, 4.69) is 15.0 Å². The second-order valence-corrected chi connectivity index (χ2v) is 5.83. The van der Waals surface area contributed by atoms with Gasteiger partial charge in [0.2, 0.25) is 10.0 Å². The van der Waals surface area contributed by atoms with Crippen LogP contribution in [0.25, 0.3) is 0 Å². The van der Waals surface area contributed by atoms with Crippen molar-refractivity contribution in [2.45, 2.75) is 11.4 Å². The Morgan fingerprint density at radius 2 is 1.68 bits per heavy atom. The third-order valence-electron chi connectivity index (χ3n) is 2.68. The molecular weight excluding hydrogens is 262 g/mol. The van der Waals surface area contributed by atoms with E-state index in [0.29, 0.717) is 6.54 Å². The molecule has 5 nitrogen and oxygen atoms in total. The molecular formula is C13H15N3O2S.